The summed E-state index contributed by atoms with van der Waals surface area (Å²) in [5.41, 5.74) is 2.17. The normalized spacial score (nSPS) is 10.8. The molecule has 6 heteroatoms. The number of amides is 1. The van der Waals surface area contributed by atoms with Crippen LogP contribution in [-0.2, 0) is 0 Å². The van der Waals surface area contributed by atoms with Crippen LogP contribution in [-0.4, -0.2) is 17.0 Å². The van der Waals surface area contributed by atoms with Gasteiger partial charge in [-0.15, -0.1) is 11.3 Å². The van der Waals surface area contributed by atoms with E-state index in [1.807, 2.05) is 45.0 Å². The number of halogens is 1. The summed E-state index contributed by atoms with van der Waals surface area (Å²) in [5.74, 6) is -0.120. The summed E-state index contributed by atoms with van der Waals surface area (Å²) >= 11 is 1.36. The molecule has 0 fully saturated rings. The quantitative estimate of drug-likeness (QED) is 0.663. The van der Waals surface area contributed by atoms with E-state index in [1.165, 1.54) is 17.4 Å². The molecule has 3 rings (SSSR count). The molecule has 134 valence electrons. The van der Waals surface area contributed by atoms with Crippen molar-refractivity contribution in [2.75, 3.05) is 5.32 Å². The largest absolute Gasteiger partial charge is 0.491 e. The Morgan fingerprint density at radius 2 is 1.92 bits per heavy atom. The Morgan fingerprint density at radius 1 is 1.19 bits per heavy atom. The molecule has 1 heterocycles. The van der Waals surface area contributed by atoms with Gasteiger partial charge in [-0.2, -0.15) is 0 Å². The van der Waals surface area contributed by atoms with Crippen LogP contribution in [0.15, 0.2) is 47.8 Å². The molecule has 0 radical (unpaired) electrons. The van der Waals surface area contributed by atoms with Crippen LogP contribution >= 0.6 is 11.3 Å². The highest BCUT2D eigenvalue weighted by molar-refractivity contribution is 7.13. The number of hydrogen-bond donors (Lipinski definition) is 1. The van der Waals surface area contributed by atoms with Gasteiger partial charge in [-0.1, -0.05) is 6.07 Å². The maximum absolute atomic E-state index is 13.8. The maximum atomic E-state index is 13.8. The number of nitrogens with zero attached hydrogens (tertiary/aromatic N) is 1. The molecule has 0 saturated heterocycles. The minimum absolute atomic E-state index is 0.109. The molecule has 26 heavy (non-hydrogen) atoms. The summed E-state index contributed by atoms with van der Waals surface area (Å²) in [5, 5.41) is 4.96. The number of thiazole rings is 1. The molecule has 2 aromatic carbocycles. The van der Waals surface area contributed by atoms with E-state index in [1.54, 1.807) is 17.5 Å². The van der Waals surface area contributed by atoms with Gasteiger partial charge in [-0.25, -0.2) is 9.37 Å². The molecule has 1 aromatic heterocycles. The van der Waals surface area contributed by atoms with Gasteiger partial charge in [0.05, 0.1) is 11.8 Å². The third-order valence-electron chi connectivity index (χ3n) is 3.58. The summed E-state index contributed by atoms with van der Waals surface area (Å²) in [7, 11) is 0. The van der Waals surface area contributed by atoms with Gasteiger partial charge < -0.3 is 10.1 Å². The maximum Gasteiger partial charge on any atom is 0.275 e. The lowest BCUT2D eigenvalue weighted by Crippen LogP contribution is -2.13. The van der Waals surface area contributed by atoms with Crippen LogP contribution in [0.3, 0.4) is 0 Å². The second-order valence-corrected chi connectivity index (χ2v) is 7.02. The zero-order chi connectivity index (χ0) is 18.7. The lowest BCUT2D eigenvalue weighted by molar-refractivity contribution is 0.102. The topological polar surface area (TPSA) is 51.2 Å². The molecule has 0 aliphatic carbocycles. The van der Waals surface area contributed by atoms with Crippen LogP contribution in [0.25, 0.3) is 10.6 Å². The van der Waals surface area contributed by atoms with Gasteiger partial charge in [0.15, 0.2) is 0 Å². The van der Waals surface area contributed by atoms with Gasteiger partial charge in [-0.05, 0) is 62.7 Å². The lowest BCUT2D eigenvalue weighted by Gasteiger charge is -2.09. The highest BCUT2D eigenvalue weighted by Crippen LogP contribution is 2.26. The number of rotatable bonds is 5. The van der Waals surface area contributed by atoms with Crippen molar-refractivity contribution in [3.8, 4) is 16.3 Å². The first kappa shape index (κ1) is 18.1. The predicted octanol–water partition coefficient (Wildman–Crippen LogP) is 5.30. The molecule has 0 unspecified atom stereocenters. The molecule has 1 amide bonds. The van der Waals surface area contributed by atoms with Crippen molar-refractivity contribution in [2.24, 2.45) is 0 Å². The number of carbonyl (C=O) groups excluding carboxylic acids is 1. The van der Waals surface area contributed by atoms with E-state index in [9.17, 15) is 9.18 Å². The Labute approximate surface area is 155 Å². The molecule has 0 bridgehead atoms. The second kappa shape index (κ2) is 7.66. The van der Waals surface area contributed by atoms with Crippen LogP contribution in [0, 0.1) is 12.7 Å². The molecular weight excluding hydrogens is 351 g/mol. The smallest absolute Gasteiger partial charge is 0.275 e. The molecule has 4 nitrogen and oxygen atoms in total. The van der Waals surface area contributed by atoms with Crippen molar-refractivity contribution in [1.29, 1.82) is 0 Å². The minimum atomic E-state index is -0.472. The number of hydrogen-bond acceptors (Lipinski definition) is 4. The van der Waals surface area contributed by atoms with Gasteiger partial charge in [0.25, 0.3) is 5.91 Å². The van der Waals surface area contributed by atoms with Crippen molar-refractivity contribution < 1.29 is 13.9 Å². The van der Waals surface area contributed by atoms with E-state index in [4.69, 9.17) is 4.74 Å². The summed E-state index contributed by atoms with van der Waals surface area (Å²) in [6.07, 6.45) is 0.109. The van der Waals surface area contributed by atoms with Gasteiger partial charge in [0, 0.05) is 10.9 Å². The molecule has 1 N–H and O–H groups in total. The number of nitrogens with one attached hydrogen (secondary N) is 1. The number of aromatic nitrogens is 1. The number of aryl methyl sites for hydroxylation is 1. The SMILES string of the molecule is Cc1ccc(F)c(NC(=O)c2csc(-c3ccc(OC(C)C)cc3)n2)c1. The van der Waals surface area contributed by atoms with E-state index in [-0.39, 0.29) is 17.5 Å². The van der Waals surface area contributed by atoms with Crippen molar-refractivity contribution in [2.45, 2.75) is 26.9 Å². The third kappa shape index (κ3) is 4.26. The van der Waals surface area contributed by atoms with Gasteiger partial charge >= 0.3 is 0 Å². The van der Waals surface area contributed by atoms with E-state index in [2.05, 4.69) is 10.3 Å². The zero-order valence-electron chi connectivity index (χ0n) is 14.7. The zero-order valence-corrected chi connectivity index (χ0v) is 15.6. The van der Waals surface area contributed by atoms with Gasteiger partial charge in [-0.3, -0.25) is 4.79 Å². The number of benzene rings is 2. The summed E-state index contributed by atoms with van der Waals surface area (Å²) in [6.45, 7) is 5.77. The fourth-order valence-electron chi connectivity index (χ4n) is 2.38. The van der Waals surface area contributed by atoms with Crippen molar-refractivity contribution in [3.05, 3.63) is 64.9 Å². The minimum Gasteiger partial charge on any atom is -0.491 e. The number of carbonyl (C=O) groups is 1. The van der Waals surface area contributed by atoms with Crippen LogP contribution in [0.2, 0.25) is 0 Å². The van der Waals surface area contributed by atoms with Crippen molar-refractivity contribution >= 4 is 22.9 Å². The van der Waals surface area contributed by atoms with Crippen LogP contribution in [0.4, 0.5) is 10.1 Å². The Balaban J connectivity index is 1.74. The Morgan fingerprint density at radius 3 is 2.62 bits per heavy atom. The Hall–Kier alpha value is -2.73. The van der Waals surface area contributed by atoms with Gasteiger partial charge in [0.1, 0.15) is 22.3 Å². The molecule has 0 aliphatic heterocycles. The average Bonchev–Trinajstić information content (AvgIpc) is 3.08. The molecule has 0 spiro atoms. The highest BCUT2D eigenvalue weighted by Gasteiger charge is 2.14. The fourth-order valence-corrected chi connectivity index (χ4v) is 3.19. The summed E-state index contributed by atoms with van der Waals surface area (Å²) < 4.78 is 19.4. The summed E-state index contributed by atoms with van der Waals surface area (Å²) in [6, 6.07) is 12.1. The fraction of sp³-hybridized carbons (Fsp3) is 0.200. The second-order valence-electron chi connectivity index (χ2n) is 6.17. The Kier molecular flexibility index (Phi) is 5.32. The van der Waals surface area contributed by atoms with Crippen molar-refractivity contribution in [1.82, 2.24) is 4.98 Å². The van der Waals surface area contributed by atoms with Crippen molar-refractivity contribution in [3.63, 3.8) is 0 Å². The highest BCUT2D eigenvalue weighted by atomic mass is 32.1. The standard InChI is InChI=1S/C20H19FN2O2S/c1-12(2)25-15-7-5-14(6-8-15)20-23-18(11-26-20)19(24)22-17-10-13(3)4-9-16(17)21/h4-12H,1-3H3,(H,22,24). The first-order valence-electron chi connectivity index (χ1n) is 8.22. The Bertz CT molecular complexity index is 920. The van der Waals surface area contributed by atoms with Gasteiger partial charge in [0.2, 0.25) is 0 Å². The molecular formula is C20H19FN2O2S. The molecule has 0 aliphatic rings. The average molecular weight is 370 g/mol. The number of anilines is 1. The molecule has 3 aromatic rings. The van der Waals surface area contributed by atoms with Crippen LogP contribution in [0.5, 0.6) is 5.75 Å². The van der Waals surface area contributed by atoms with E-state index >= 15 is 0 Å². The first-order valence-corrected chi connectivity index (χ1v) is 9.10. The third-order valence-corrected chi connectivity index (χ3v) is 4.47. The molecule has 0 saturated carbocycles. The predicted molar refractivity (Wildman–Crippen MR) is 102 cm³/mol. The van der Waals surface area contributed by atoms with Crippen LogP contribution in [0.1, 0.15) is 29.9 Å². The lowest BCUT2D eigenvalue weighted by atomic mass is 10.2. The first-order chi connectivity index (χ1) is 12.4. The summed E-state index contributed by atoms with van der Waals surface area (Å²) in [4.78, 5) is 16.7. The van der Waals surface area contributed by atoms with Crippen LogP contribution < -0.4 is 10.1 Å². The van der Waals surface area contributed by atoms with E-state index < -0.39 is 11.7 Å². The monoisotopic (exact) mass is 370 g/mol. The van der Waals surface area contributed by atoms with E-state index in [0.717, 1.165) is 21.9 Å². The number of ether oxygens (including phenoxy) is 1. The molecule has 0 atom stereocenters. The van der Waals surface area contributed by atoms with E-state index in [0.29, 0.717) is 0 Å².